The standard InChI is InChI=1S/C26H32O/c1-3-5-6-19-27-20-22-9-13-24(14-10-22)26-17-15-25(16-18-26)23-11-7-21(4-2)8-12-23/h3-5,7-14,25-26H,2,6,15-20H2,1H3/b5-3+. The maximum atomic E-state index is 5.73. The summed E-state index contributed by atoms with van der Waals surface area (Å²) >= 11 is 0. The van der Waals surface area contributed by atoms with E-state index in [0.717, 1.165) is 13.0 Å². The second-order valence-corrected chi connectivity index (χ2v) is 7.57. The van der Waals surface area contributed by atoms with Crippen LogP contribution in [0.15, 0.2) is 67.3 Å². The number of rotatable bonds is 8. The molecule has 0 bridgehead atoms. The minimum absolute atomic E-state index is 0.707. The average Bonchev–Trinajstić information content (AvgIpc) is 2.74. The lowest BCUT2D eigenvalue weighted by atomic mass is 9.76. The molecule has 0 unspecified atom stereocenters. The predicted octanol–water partition coefficient (Wildman–Crippen LogP) is 7.25. The second-order valence-electron chi connectivity index (χ2n) is 7.57. The molecule has 1 saturated carbocycles. The fraction of sp³-hybridized carbons (Fsp3) is 0.385. The third-order valence-electron chi connectivity index (χ3n) is 5.76. The number of hydrogen-bond donors (Lipinski definition) is 0. The molecule has 0 aromatic heterocycles. The Kier molecular flexibility index (Phi) is 7.47. The fourth-order valence-corrected chi connectivity index (χ4v) is 4.06. The molecular formula is C26H32O. The normalized spacial score (nSPS) is 20.0. The van der Waals surface area contributed by atoms with E-state index in [1.54, 1.807) is 0 Å². The van der Waals surface area contributed by atoms with Gasteiger partial charge in [0.05, 0.1) is 13.2 Å². The molecule has 1 heteroatoms. The van der Waals surface area contributed by atoms with E-state index in [-0.39, 0.29) is 0 Å². The molecule has 0 heterocycles. The van der Waals surface area contributed by atoms with E-state index in [0.29, 0.717) is 18.4 Å². The zero-order valence-corrected chi connectivity index (χ0v) is 16.6. The van der Waals surface area contributed by atoms with E-state index >= 15 is 0 Å². The lowest BCUT2D eigenvalue weighted by Crippen LogP contribution is -2.12. The predicted molar refractivity (Wildman–Crippen MR) is 116 cm³/mol. The quantitative estimate of drug-likeness (QED) is 0.356. The summed E-state index contributed by atoms with van der Waals surface area (Å²) in [4.78, 5) is 0. The summed E-state index contributed by atoms with van der Waals surface area (Å²) in [6, 6.07) is 18.1. The molecule has 0 N–H and O–H groups in total. The lowest BCUT2D eigenvalue weighted by Gasteiger charge is -2.29. The Hall–Kier alpha value is -2.12. The average molecular weight is 361 g/mol. The van der Waals surface area contributed by atoms with Gasteiger partial charge in [0.2, 0.25) is 0 Å². The minimum atomic E-state index is 0.707. The van der Waals surface area contributed by atoms with E-state index in [2.05, 4.69) is 67.3 Å². The fourth-order valence-electron chi connectivity index (χ4n) is 4.06. The van der Waals surface area contributed by atoms with Crippen molar-refractivity contribution in [3.05, 3.63) is 89.5 Å². The van der Waals surface area contributed by atoms with E-state index in [1.807, 2.05) is 13.0 Å². The highest BCUT2D eigenvalue weighted by Gasteiger charge is 2.23. The smallest absolute Gasteiger partial charge is 0.0717 e. The van der Waals surface area contributed by atoms with Crippen molar-refractivity contribution < 1.29 is 4.74 Å². The molecule has 0 saturated heterocycles. The van der Waals surface area contributed by atoms with Crippen molar-refractivity contribution in [1.82, 2.24) is 0 Å². The third kappa shape index (κ3) is 5.68. The van der Waals surface area contributed by atoms with Gasteiger partial charge < -0.3 is 4.74 Å². The van der Waals surface area contributed by atoms with Gasteiger partial charge in [-0.05, 0) is 73.1 Å². The highest BCUT2D eigenvalue weighted by Crippen LogP contribution is 2.40. The molecule has 0 radical (unpaired) electrons. The third-order valence-corrected chi connectivity index (χ3v) is 5.76. The first-order chi connectivity index (χ1) is 13.3. The van der Waals surface area contributed by atoms with Crippen LogP contribution < -0.4 is 0 Å². The first-order valence-electron chi connectivity index (χ1n) is 10.3. The van der Waals surface area contributed by atoms with Crippen LogP contribution in [0.4, 0.5) is 0 Å². The van der Waals surface area contributed by atoms with E-state index in [9.17, 15) is 0 Å². The Morgan fingerprint density at radius 1 is 0.889 bits per heavy atom. The van der Waals surface area contributed by atoms with Crippen LogP contribution in [0, 0.1) is 0 Å². The largest absolute Gasteiger partial charge is 0.376 e. The van der Waals surface area contributed by atoms with Gasteiger partial charge in [0, 0.05) is 0 Å². The molecule has 142 valence electrons. The van der Waals surface area contributed by atoms with Crippen molar-refractivity contribution >= 4 is 6.08 Å². The topological polar surface area (TPSA) is 9.23 Å². The van der Waals surface area contributed by atoms with Crippen LogP contribution in [-0.2, 0) is 11.3 Å². The number of benzene rings is 2. The van der Waals surface area contributed by atoms with Gasteiger partial charge in [-0.1, -0.05) is 73.3 Å². The Morgan fingerprint density at radius 2 is 1.44 bits per heavy atom. The summed E-state index contributed by atoms with van der Waals surface area (Å²) in [5, 5.41) is 0. The first-order valence-corrected chi connectivity index (χ1v) is 10.3. The van der Waals surface area contributed by atoms with Crippen molar-refractivity contribution in [2.75, 3.05) is 6.61 Å². The van der Waals surface area contributed by atoms with Crippen molar-refractivity contribution in [2.45, 2.75) is 57.5 Å². The number of hydrogen-bond acceptors (Lipinski definition) is 1. The molecule has 2 aromatic carbocycles. The second kappa shape index (κ2) is 10.3. The summed E-state index contributed by atoms with van der Waals surface area (Å²) in [7, 11) is 0. The van der Waals surface area contributed by atoms with Gasteiger partial charge in [0.25, 0.3) is 0 Å². The van der Waals surface area contributed by atoms with E-state index < -0.39 is 0 Å². The molecule has 3 rings (SSSR count). The number of allylic oxidation sites excluding steroid dienone is 1. The van der Waals surface area contributed by atoms with Crippen LogP contribution >= 0.6 is 0 Å². The molecule has 1 fully saturated rings. The summed E-state index contributed by atoms with van der Waals surface area (Å²) in [5.74, 6) is 1.42. The van der Waals surface area contributed by atoms with Gasteiger partial charge in [-0.15, -0.1) is 0 Å². The molecule has 1 aliphatic carbocycles. The van der Waals surface area contributed by atoms with Gasteiger partial charge in [-0.2, -0.15) is 0 Å². The van der Waals surface area contributed by atoms with Gasteiger partial charge >= 0.3 is 0 Å². The van der Waals surface area contributed by atoms with E-state index in [4.69, 9.17) is 4.74 Å². The lowest BCUT2D eigenvalue weighted by molar-refractivity contribution is 0.125. The maximum Gasteiger partial charge on any atom is 0.0717 e. The Morgan fingerprint density at radius 3 is 1.96 bits per heavy atom. The minimum Gasteiger partial charge on any atom is -0.376 e. The number of ether oxygens (including phenoxy) is 1. The molecule has 2 aromatic rings. The molecule has 0 amide bonds. The monoisotopic (exact) mass is 360 g/mol. The zero-order valence-electron chi connectivity index (χ0n) is 16.6. The molecule has 0 spiro atoms. The Bertz CT molecular complexity index is 716. The van der Waals surface area contributed by atoms with Gasteiger partial charge in [0.15, 0.2) is 0 Å². The van der Waals surface area contributed by atoms with Crippen molar-refractivity contribution in [1.29, 1.82) is 0 Å². The molecule has 0 atom stereocenters. The molecule has 27 heavy (non-hydrogen) atoms. The van der Waals surface area contributed by atoms with Crippen LogP contribution in [0.1, 0.15) is 73.1 Å². The SMILES string of the molecule is C=Cc1ccc(C2CCC(c3ccc(COCC/C=C/C)cc3)CC2)cc1. The van der Waals surface area contributed by atoms with Gasteiger partial charge in [-0.25, -0.2) is 0 Å². The van der Waals surface area contributed by atoms with Crippen LogP contribution in [0.2, 0.25) is 0 Å². The molecule has 1 nitrogen and oxygen atoms in total. The Balaban J connectivity index is 1.48. The highest BCUT2D eigenvalue weighted by atomic mass is 16.5. The van der Waals surface area contributed by atoms with Crippen molar-refractivity contribution in [3.8, 4) is 0 Å². The highest BCUT2D eigenvalue weighted by molar-refractivity contribution is 5.47. The summed E-state index contributed by atoms with van der Waals surface area (Å²) in [5.41, 5.74) is 5.46. The summed E-state index contributed by atoms with van der Waals surface area (Å²) < 4.78 is 5.73. The van der Waals surface area contributed by atoms with Crippen LogP contribution in [0.5, 0.6) is 0 Å². The summed E-state index contributed by atoms with van der Waals surface area (Å²) in [6.45, 7) is 7.40. The maximum absolute atomic E-state index is 5.73. The molecule has 1 aliphatic rings. The molecular weight excluding hydrogens is 328 g/mol. The first kappa shape index (κ1) is 19.6. The van der Waals surface area contributed by atoms with Crippen molar-refractivity contribution in [2.24, 2.45) is 0 Å². The summed E-state index contributed by atoms with van der Waals surface area (Å²) in [6.07, 6.45) is 12.3. The Labute approximate surface area is 164 Å². The van der Waals surface area contributed by atoms with E-state index in [1.165, 1.54) is 47.9 Å². The van der Waals surface area contributed by atoms with Gasteiger partial charge in [0.1, 0.15) is 0 Å². The van der Waals surface area contributed by atoms with Gasteiger partial charge in [-0.3, -0.25) is 0 Å². The van der Waals surface area contributed by atoms with Crippen LogP contribution in [0.3, 0.4) is 0 Å². The van der Waals surface area contributed by atoms with Crippen LogP contribution in [-0.4, -0.2) is 6.61 Å². The van der Waals surface area contributed by atoms with Crippen LogP contribution in [0.25, 0.3) is 6.08 Å². The van der Waals surface area contributed by atoms with Crippen molar-refractivity contribution in [3.63, 3.8) is 0 Å². The zero-order chi connectivity index (χ0) is 18.9. The molecule has 0 aliphatic heterocycles.